The molecule has 92 valence electrons. The molecule has 0 saturated carbocycles. The topological polar surface area (TPSA) is 59.1 Å². The molecule has 1 N–H and O–H groups in total. The Hall–Kier alpha value is -2.01. The van der Waals surface area contributed by atoms with E-state index in [0.29, 0.717) is 16.3 Å². The van der Waals surface area contributed by atoms with Gasteiger partial charge >= 0.3 is 0 Å². The van der Waals surface area contributed by atoms with Gasteiger partial charge in [-0.05, 0) is 30.7 Å². The van der Waals surface area contributed by atoms with E-state index in [0.717, 1.165) is 5.56 Å². The van der Waals surface area contributed by atoms with Gasteiger partial charge in [-0.1, -0.05) is 6.07 Å². The Balaban J connectivity index is 1.97. The number of carbonyl (C=O) groups excluding carboxylic acids is 2. The summed E-state index contributed by atoms with van der Waals surface area (Å²) in [6.07, 6.45) is 3.39. The molecule has 0 fully saturated rings. The van der Waals surface area contributed by atoms with Gasteiger partial charge < -0.3 is 5.32 Å². The summed E-state index contributed by atoms with van der Waals surface area (Å²) in [6.45, 7) is 1.92. The van der Waals surface area contributed by atoms with Gasteiger partial charge in [0.1, 0.15) is 0 Å². The van der Waals surface area contributed by atoms with Crippen LogP contribution in [0.1, 0.15) is 31.8 Å². The molecule has 0 aromatic carbocycles. The molecule has 2 aromatic heterocycles. The maximum atomic E-state index is 11.8. The predicted octanol–water partition coefficient (Wildman–Crippen LogP) is 2.28. The fourth-order valence-electron chi connectivity index (χ4n) is 1.42. The first-order chi connectivity index (χ1) is 8.66. The quantitative estimate of drug-likeness (QED) is 0.858. The Bertz CT molecular complexity index is 563. The highest BCUT2D eigenvalue weighted by molar-refractivity contribution is 7.15. The fourth-order valence-corrected chi connectivity index (χ4v) is 2.24. The summed E-state index contributed by atoms with van der Waals surface area (Å²) in [7, 11) is 0. The molecule has 0 aliphatic carbocycles. The lowest BCUT2D eigenvalue weighted by Gasteiger charge is -2.02. The number of pyridine rings is 1. The molecule has 0 spiro atoms. The zero-order chi connectivity index (χ0) is 13.0. The highest BCUT2D eigenvalue weighted by Crippen LogP contribution is 2.16. The summed E-state index contributed by atoms with van der Waals surface area (Å²) < 4.78 is 0. The van der Waals surface area contributed by atoms with Crippen molar-refractivity contribution >= 4 is 23.0 Å². The van der Waals surface area contributed by atoms with Crippen LogP contribution in [0.2, 0.25) is 0 Å². The number of nitrogens with zero attached hydrogens (tertiary/aromatic N) is 1. The predicted molar refractivity (Wildman–Crippen MR) is 69.7 cm³/mol. The van der Waals surface area contributed by atoms with Gasteiger partial charge in [-0.3, -0.25) is 14.6 Å². The van der Waals surface area contributed by atoms with Gasteiger partial charge in [-0.15, -0.1) is 11.3 Å². The van der Waals surface area contributed by atoms with Crippen molar-refractivity contribution in [1.82, 2.24) is 10.3 Å². The minimum atomic E-state index is -0.170. The Morgan fingerprint density at radius 1 is 1.28 bits per heavy atom. The first kappa shape index (κ1) is 12.4. The highest BCUT2D eigenvalue weighted by atomic mass is 32.1. The molecule has 0 atom stereocenters. The van der Waals surface area contributed by atoms with Crippen molar-refractivity contribution in [2.45, 2.75) is 13.5 Å². The lowest BCUT2D eigenvalue weighted by molar-refractivity contribution is 0.0954. The smallest absolute Gasteiger partial charge is 0.261 e. The minimum absolute atomic E-state index is 0.0219. The molecule has 5 heteroatoms. The molecular weight excluding hydrogens is 248 g/mol. The van der Waals surface area contributed by atoms with Gasteiger partial charge in [0.15, 0.2) is 5.78 Å². The molecule has 2 rings (SSSR count). The van der Waals surface area contributed by atoms with E-state index in [1.165, 1.54) is 18.3 Å². The van der Waals surface area contributed by atoms with Crippen LogP contribution < -0.4 is 5.32 Å². The average molecular weight is 260 g/mol. The van der Waals surface area contributed by atoms with E-state index >= 15 is 0 Å². The number of carbonyl (C=O) groups is 2. The Morgan fingerprint density at radius 3 is 2.67 bits per heavy atom. The van der Waals surface area contributed by atoms with E-state index in [1.54, 1.807) is 24.5 Å². The van der Waals surface area contributed by atoms with Gasteiger partial charge in [0.25, 0.3) is 5.91 Å². The number of aromatic nitrogens is 1. The van der Waals surface area contributed by atoms with Crippen LogP contribution in [0.4, 0.5) is 0 Å². The van der Waals surface area contributed by atoms with Crippen molar-refractivity contribution in [1.29, 1.82) is 0 Å². The molecule has 0 aliphatic heterocycles. The van der Waals surface area contributed by atoms with E-state index in [4.69, 9.17) is 0 Å². The molecule has 2 aromatic rings. The third-order valence-corrected chi connectivity index (χ3v) is 3.54. The molecule has 0 bridgehead atoms. The number of nitrogens with one attached hydrogen (secondary N) is 1. The fraction of sp³-hybridized carbons (Fsp3) is 0.154. The molecule has 0 saturated heterocycles. The van der Waals surface area contributed by atoms with Crippen LogP contribution >= 0.6 is 11.3 Å². The third-order valence-electron chi connectivity index (χ3n) is 2.35. The molecule has 18 heavy (non-hydrogen) atoms. The van der Waals surface area contributed by atoms with Gasteiger partial charge in [0.2, 0.25) is 0 Å². The number of amides is 1. The summed E-state index contributed by atoms with van der Waals surface area (Å²) in [5, 5.41) is 2.79. The molecule has 2 heterocycles. The number of hydrogen-bond donors (Lipinski definition) is 1. The summed E-state index contributed by atoms with van der Waals surface area (Å²) in [5.74, 6) is -0.192. The van der Waals surface area contributed by atoms with Gasteiger partial charge in [-0.2, -0.15) is 0 Å². The first-order valence-electron chi connectivity index (χ1n) is 5.44. The van der Waals surface area contributed by atoms with Crippen molar-refractivity contribution in [3.8, 4) is 0 Å². The second kappa shape index (κ2) is 5.55. The number of hydrogen-bond acceptors (Lipinski definition) is 4. The van der Waals surface area contributed by atoms with E-state index in [2.05, 4.69) is 10.3 Å². The average Bonchev–Trinajstić information content (AvgIpc) is 2.87. The highest BCUT2D eigenvalue weighted by Gasteiger charge is 2.10. The number of rotatable bonds is 4. The first-order valence-corrected chi connectivity index (χ1v) is 6.26. The lowest BCUT2D eigenvalue weighted by atomic mass is 10.3. The van der Waals surface area contributed by atoms with Crippen molar-refractivity contribution in [2.75, 3.05) is 0 Å². The summed E-state index contributed by atoms with van der Waals surface area (Å²) in [6, 6.07) is 7.05. The SMILES string of the molecule is CC(=O)c1ccc(C(=O)NCc2cccnc2)s1. The standard InChI is InChI=1S/C13H12N2O2S/c1-9(16)11-4-5-12(18-11)13(17)15-8-10-3-2-6-14-7-10/h2-7H,8H2,1H3,(H,15,17). The van der Waals surface area contributed by atoms with E-state index in [-0.39, 0.29) is 11.7 Å². The van der Waals surface area contributed by atoms with Crippen LogP contribution in [0.25, 0.3) is 0 Å². The van der Waals surface area contributed by atoms with Gasteiger partial charge in [-0.25, -0.2) is 0 Å². The lowest BCUT2D eigenvalue weighted by Crippen LogP contribution is -2.21. The normalized spacial score (nSPS) is 10.1. The Morgan fingerprint density at radius 2 is 2.06 bits per heavy atom. The van der Waals surface area contributed by atoms with E-state index in [1.807, 2.05) is 12.1 Å². The van der Waals surface area contributed by atoms with Crippen molar-refractivity contribution in [2.24, 2.45) is 0 Å². The number of ketones is 1. The van der Waals surface area contributed by atoms with Crippen molar-refractivity contribution in [3.63, 3.8) is 0 Å². The van der Waals surface area contributed by atoms with Gasteiger partial charge in [0, 0.05) is 18.9 Å². The molecule has 0 unspecified atom stereocenters. The number of Topliss-reactive ketones (excluding diaryl/α,β-unsaturated/α-hetero) is 1. The molecule has 0 radical (unpaired) electrons. The van der Waals surface area contributed by atoms with Crippen LogP contribution in [-0.2, 0) is 6.54 Å². The third kappa shape index (κ3) is 3.01. The van der Waals surface area contributed by atoms with E-state index < -0.39 is 0 Å². The zero-order valence-electron chi connectivity index (χ0n) is 9.84. The van der Waals surface area contributed by atoms with Crippen LogP contribution in [0, 0.1) is 0 Å². The van der Waals surface area contributed by atoms with Crippen LogP contribution in [-0.4, -0.2) is 16.7 Å². The molecule has 4 nitrogen and oxygen atoms in total. The number of thiophene rings is 1. The summed E-state index contributed by atoms with van der Waals surface area (Å²) in [5.41, 5.74) is 0.939. The monoisotopic (exact) mass is 260 g/mol. The van der Waals surface area contributed by atoms with Crippen molar-refractivity contribution in [3.05, 3.63) is 52.0 Å². The molecular formula is C13H12N2O2S. The summed E-state index contributed by atoms with van der Waals surface area (Å²) >= 11 is 1.21. The summed E-state index contributed by atoms with van der Waals surface area (Å²) in [4.78, 5) is 28.1. The molecule has 0 aliphatic rings. The van der Waals surface area contributed by atoms with E-state index in [9.17, 15) is 9.59 Å². The van der Waals surface area contributed by atoms with Crippen LogP contribution in [0.3, 0.4) is 0 Å². The van der Waals surface area contributed by atoms with Gasteiger partial charge in [0.05, 0.1) is 9.75 Å². The second-order valence-electron chi connectivity index (χ2n) is 3.76. The second-order valence-corrected chi connectivity index (χ2v) is 4.85. The maximum absolute atomic E-state index is 11.8. The van der Waals surface area contributed by atoms with Crippen LogP contribution in [0.5, 0.6) is 0 Å². The minimum Gasteiger partial charge on any atom is -0.347 e. The molecule has 1 amide bonds. The Labute approximate surface area is 109 Å². The largest absolute Gasteiger partial charge is 0.347 e. The van der Waals surface area contributed by atoms with Crippen LogP contribution in [0.15, 0.2) is 36.7 Å². The Kier molecular flexibility index (Phi) is 3.84. The maximum Gasteiger partial charge on any atom is 0.261 e. The zero-order valence-corrected chi connectivity index (χ0v) is 10.7. The van der Waals surface area contributed by atoms with Crippen molar-refractivity contribution < 1.29 is 9.59 Å².